The van der Waals surface area contributed by atoms with Gasteiger partial charge in [-0.2, -0.15) is 0 Å². The molecule has 0 aromatic rings. The molecule has 4 rings (SSSR count). The summed E-state index contributed by atoms with van der Waals surface area (Å²) in [5.74, 6) is -1.15. The standard InChI is InChI=1S/C21H36O8/c1-8-12-10(2)11(3)14(22)18(24-12)23-9-13-15-16(27-20(4,5)26-15)17-19(25-13)29-21(6,7)28-17/h10-19,22H,8-9H2,1-7H3/t10-,11?,12?,13?,14?,15-,16?,17?,18+,19+/m0/s1. The third-order valence-electron chi connectivity index (χ3n) is 6.62. The average molecular weight is 417 g/mol. The van der Waals surface area contributed by atoms with E-state index in [1.807, 2.05) is 34.6 Å². The van der Waals surface area contributed by atoms with Crippen LogP contribution < -0.4 is 0 Å². The molecule has 4 heterocycles. The van der Waals surface area contributed by atoms with Gasteiger partial charge in [0, 0.05) is 0 Å². The lowest BCUT2D eigenvalue weighted by Crippen LogP contribution is -2.57. The van der Waals surface area contributed by atoms with Gasteiger partial charge >= 0.3 is 0 Å². The van der Waals surface area contributed by atoms with Crippen molar-refractivity contribution < 1.29 is 38.3 Å². The summed E-state index contributed by atoms with van der Waals surface area (Å²) in [6.45, 7) is 13.9. The Hall–Kier alpha value is -0.320. The highest BCUT2D eigenvalue weighted by atomic mass is 16.9. The molecule has 4 fully saturated rings. The minimum atomic E-state index is -0.756. The van der Waals surface area contributed by atoms with Crippen molar-refractivity contribution >= 4 is 0 Å². The highest BCUT2D eigenvalue weighted by Gasteiger charge is 2.60. The second kappa shape index (κ2) is 7.67. The highest BCUT2D eigenvalue weighted by Crippen LogP contribution is 2.44. The average Bonchev–Trinajstić information content (AvgIpc) is 3.13. The third kappa shape index (κ3) is 4.11. The summed E-state index contributed by atoms with van der Waals surface area (Å²) in [6, 6.07) is 0. The van der Waals surface area contributed by atoms with Crippen LogP contribution >= 0.6 is 0 Å². The summed E-state index contributed by atoms with van der Waals surface area (Å²) < 4.78 is 42.4. The molecule has 4 aliphatic heterocycles. The van der Waals surface area contributed by atoms with Crippen LogP contribution in [0.2, 0.25) is 0 Å². The Morgan fingerprint density at radius 2 is 1.41 bits per heavy atom. The van der Waals surface area contributed by atoms with Crippen LogP contribution in [-0.4, -0.2) is 72.5 Å². The van der Waals surface area contributed by atoms with E-state index in [-0.39, 0.29) is 42.9 Å². The van der Waals surface area contributed by atoms with Crippen LogP contribution in [0, 0.1) is 11.8 Å². The second-order valence-corrected chi connectivity index (χ2v) is 9.70. The first-order chi connectivity index (χ1) is 13.5. The molecule has 4 aliphatic rings. The maximum Gasteiger partial charge on any atom is 0.190 e. The zero-order valence-corrected chi connectivity index (χ0v) is 18.5. The summed E-state index contributed by atoms with van der Waals surface area (Å²) in [5.41, 5.74) is 0. The Kier molecular flexibility index (Phi) is 5.79. The van der Waals surface area contributed by atoms with E-state index >= 15 is 0 Å². The van der Waals surface area contributed by atoms with Gasteiger partial charge in [-0.25, -0.2) is 0 Å². The molecular formula is C21H36O8. The summed E-state index contributed by atoms with van der Waals surface area (Å²) >= 11 is 0. The lowest BCUT2D eigenvalue weighted by Gasteiger charge is -2.43. The molecule has 1 N–H and O–H groups in total. The first-order valence-corrected chi connectivity index (χ1v) is 10.8. The van der Waals surface area contributed by atoms with Crippen molar-refractivity contribution in [1.82, 2.24) is 0 Å². The van der Waals surface area contributed by atoms with Crippen LogP contribution in [0.4, 0.5) is 0 Å². The molecule has 0 amide bonds. The lowest BCUT2D eigenvalue weighted by atomic mass is 9.82. The Morgan fingerprint density at radius 3 is 2.10 bits per heavy atom. The van der Waals surface area contributed by atoms with Crippen molar-refractivity contribution in [3.63, 3.8) is 0 Å². The van der Waals surface area contributed by atoms with Crippen LogP contribution in [-0.2, 0) is 33.2 Å². The minimum Gasteiger partial charge on any atom is -0.388 e. The van der Waals surface area contributed by atoms with E-state index in [4.69, 9.17) is 33.2 Å². The summed E-state index contributed by atoms with van der Waals surface area (Å²) in [4.78, 5) is 0. The summed E-state index contributed by atoms with van der Waals surface area (Å²) in [5, 5.41) is 10.6. The van der Waals surface area contributed by atoms with Crippen molar-refractivity contribution in [2.75, 3.05) is 6.61 Å². The highest BCUT2D eigenvalue weighted by molar-refractivity contribution is 5.00. The number of hydrogen-bond acceptors (Lipinski definition) is 8. The van der Waals surface area contributed by atoms with Crippen LogP contribution in [0.5, 0.6) is 0 Å². The molecule has 0 aromatic heterocycles. The number of ether oxygens (including phenoxy) is 7. The quantitative estimate of drug-likeness (QED) is 0.746. The monoisotopic (exact) mass is 416 g/mol. The molecule has 4 saturated heterocycles. The van der Waals surface area contributed by atoms with Gasteiger partial charge in [-0.3, -0.25) is 0 Å². The van der Waals surface area contributed by atoms with Gasteiger partial charge in [0.1, 0.15) is 30.5 Å². The Labute approximate surface area is 173 Å². The van der Waals surface area contributed by atoms with Crippen molar-refractivity contribution in [3.8, 4) is 0 Å². The molecule has 0 bridgehead atoms. The molecule has 168 valence electrons. The van der Waals surface area contributed by atoms with Gasteiger partial charge in [-0.15, -0.1) is 0 Å². The normalized spacial score (nSPS) is 50.9. The topological polar surface area (TPSA) is 84.8 Å². The number of aliphatic hydroxyl groups excluding tert-OH is 1. The summed E-state index contributed by atoms with van der Waals surface area (Å²) in [7, 11) is 0. The van der Waals surface area contributed by atoms with Crippen molar-refractivity contribution in [2.24, 2.45) is 11.8 Å². The van der Waals surface area contributed by atoms with Gasteiger partial charge in [-0.05, 0) is 46.0 Å². The zero-order valence-electron chi connectivity index (χ0n) is 18.5. The maximum atomic E-state index is 10.6. The van der Waals surface area contributed by atoms with E-state index < -0.39 is 36.4 Å². The van der Waals surface area contributed by atoms with Crippen LogP contribution in [0.3, 0.4) is 0 Å². The third-order valence-corrected chi connectivity index (χ3v) is 6.62. The Bertz CT molecular complexity index is 593. The molecule has 0 aliphatic carbocycles. The lowest BCUT2D eigenvalue weighted by molar-refractivity contribution is -0.295. The number of fused-ring (bicyclic) bond motifs is 3. The van der Waals surface area contributed by atoms with E-state index in [0.29, 0.717) is 0 Å². The fourth-order valence-electron chi connectivity index (χ4n) is 4.90. The van der Waals surface area contributed by atoms with Crippen LogP contribution in [0.1, 0.15) is 54.9 Å². The molecule has 0 radical (unpaired) electrons. The Balaban J connectivity index is 1.45. The molecule has 0 aromatic carbocycles. The first kappa shape index (κ1) is 21.9. The van der Waals surface area contributed by atoms with Crippen LogP contribution in [0.15, 0.2) is 0 Å². The fourth-order valence-corrected chi connectivity index (χ4v) is 4.90. The van der Waals surface area contributed by atoms with Gasteiger partial charge in [0.2, 0.25) is 0 Å². The smallest absolute Gasteiger partial charge is 0.190 e. The van der Waals surface area contributed by atoms with Gasteiger partial charge in [-0.1, -0.05) is 20.8 Å². The maximum absolute atomic E-state index is 10.6. The molecule has 10 atom stereocenters. The number of aliphatic hydroxyl groups is 1. The fraction of sp³-hybridized carbons (Fsp3) is 1.00. The molecule has 29 heavy (non-hydrogen) atoms. The van der Waals surface area contributed by atoms with Gasteiger partial charge in [0.15, 0.2) is 24.2 Å². The Morgan fingerprint density at radius 1 is 0.793 bits per heavy atom. The van der Waals surface area contributed by atoms with E-state index in [2.05, 4.69) is 13.8 Å². The first-order valence-electron chi connectivity index (χ1n) is 10.8. The number of rotatable bonds is 4. The molecule has 8 nitrogen and oxygen atoms in total. The van der Waals surface area contributed by atoms with E-state index in [9.17, 15) is 5.11 Å². The van der Waals surface area contributed by atoms with Crippen molar-refractivity contribution in [3.05, 3.63) is 0 Å². The van der Waals surface area contributed by atoms with E-state index in [1.54, 1.807) is 0 Å². The SMILES string of the molecule is CCC1O[C@@H](OCC2O[C@@H]3OC(C)(C)OC3C3OC(C)(C)O[C@@H]23)C(O)C(C)[C@@H]1C. The molecule has 0 spiro atoms. The summed E-state index contributed by atoms with van der Waals surface area (Å²) in [6.07, 6.45) is -2.49. The van der Waals surface area contributed by atoms with E-state index in [1.165, 1.54) is 0 Å². The largest absolute Gasteiger partial charge is 0.388 e. The second-order valence-electron chi connectivity index (χ2n) is 9.70. The molecule has 8 heteroatoms. The van der Waals surface area contributed by atoms with E-state index in [0.717, 1.165) is 6.42 Å². The van der Waals surface area contributed by atoms with Gasteiger partial charge < -0.3 is 38.3 Å². The number of hydrogen-bond donors (Lipinski definition) is 1. The van der Waals surface area contributed by atoms with Gasteiger partial charge in [0.05, 0.1) is 12.7 Å². The minimum absolute atomic E-state index is 0.0557. The molecule has 6 unspecified atom stereocenters. The zero-order chi connectivity index (χ0) is 21.1. The van der Waals surface area contributed by atoms with Crippen LogP contribution in [0.25, 0.3) is 0 Å². The molecule has 0 saturated carbocycles. The molecular weight excluding hydrogens is 380 g/mol. The van der Waals surface area contributed by atoms with Crippen molar-refractivity contribution in [1.29, 1.82) is 0 Å². The van der Waals surface area contributed by atoms with Gasteiger partial charge in [0.25, 0.3) is 0 Å². The predicted octanol–water partition coefficient (Wildman–Crippen LogP) is 2.17. The predicted molar refractivity (Wildman–Crippen MR) is 102 cm³/mol. The van der Waals surface area contributed by atoms with Crippen molar-refractivity contribution in [2.45, 2.75) is 116 Å².